The van der Waals surface area contributed by atoms with E-state index in [2.05, 4.69) is 5.32 Å². The Kier molecular flexibility index (Phi) is 3.56. The van der Waals surface area contributed by atoms with Gasteiger partial charge >= 0.3 is 0 Å². The van der Waals surface area contributed by atoms with Crippen molar-refractivity contribution in [1.29, 1.82) is 0 Å². The van der Waals surface area contributed by atoms with Crippen molar-refractivity contribution < 1.29 is 9.18 Å². The molecule has 0 unspecified atom stereocenters. The molecule has 0 amide bonds. The van der Waals surface area contributed by atoms with E-state index >= 15 is 0 Å². The molecule has 0 aromatic heterocycles. The molecule has 1 heterocycles. The average molecular weight is 242 g/mol. The van der Waals surface area contributed by atoms with Crippen LogP contribution in [0.1, 0.15) is 12.0 Å². The van der Waals surface area contributed by atoms with Crippen LogP contribution < -0.4 is 5.32 Å². The third-order valence-corrected chi connectivity index (χ3v) is 3.02. The lowest BCUT2D eigenvalue weighted by Crippen LogP contribution is -2.43. The minimum atomic E-state index is -0.396. The van der Waals surface area contributed by atoms with E-state index in [0.717, 1.165) is 13.1 Å². The Hall–Kier alpha value is -0.930. The highest BCUT2D eigenvalue weighted by molar-refractivity contribution is 6.30. The Bertz CT molecular complexity index is 404. The Morgan fingerprint density at radius 3 is 2.81 bits per heavy atom. The molecule has 0 bridgehead atoms. The van der Waals surface area contributed by atoms with Gasteiger partial charge in [-0.25, -0.2) is 4.39 Å². The molecule has 86 valence electrons. The minimum Gasteiger partial charge on any atom is -0.316 e. The molecule has 1 aromatic carbocycles. The molecule has 2 rings (SSSR count). The summed E-state index contributed by atoms with van der Waals surface area (Å²) in [6.45, 7) is 1.80. The maximum Gasteiger partial charge on any atom is 0.137 e. The molecule has 0 radical (unpaired) electrons. The Morgan fingerprint density at radius 1 is 1.50 bits per heavy atom. The quantitative estimate of drug-likeness (QED) is 0.876. The van der Waals surface area contributed by atoms with E-state index in [0.29, 0.717) is 22.9 Å². The van der Waals surface area contributed by atoms with Crippen molar-refractivity contribution in [3.63, 3.8) is 0 Å². The maximum absolute atomic E-state index is 13.4. The molecule has 1 saturated heterocycles. The van der Waals surface area contributed by atoms with E-state index in [4.69, 9.17) is 11.6 Å². The Balaban J connectivity index is 1.94. The molecule has 1 aromatic rings. The first kappa shape index (κ1) is 11.6. The van der Waals surface area contributed by atoms with Crippen molar-refractivity contribution in [1.82, 2.24) is 5.32 Å². The summed E-state index contributed by atoms with van der Waals surface area (Å²) in [4.78, 5) is 11.6. The third kappa shape index (κ3) is 2.80. The Labute approximate surface area is 98.8 Å². The number of Topliss-reactive ketones (excluding diaryl/α,β-unsaturated/α-hetero) is 1. The highest BCUT2D eigenvalue weighted by atomic mass is 35.5. The smallest absolute Gasteiger partial charge is 0.137 e. The van der Waals surface area contributed by atoms with Crippen LogP contribution in [0.4, 0.5) is 4.39 Å². The van der Waals surface area contributed by atoms with Crippen molar-refractivity contribution in [2.45, 2.75) is 12.8 Å². The number of hydrogen-bond acceptors (Lipinski definition) is 2. The first-order valence-electron chi connectivity index (χ1n) is 5.31. The van der Waals surface area contributed by atoms with Gasteiger partial charge in [-0.05, 0) is 36.7 Å². The van der Waals surface area contributed by atoms with Crippen LogP contribution in [0.5, 0.6) is 0 Å². The fraction of sp³-hybridized carbons (Fsp3) is 0.417. The number of ketones is 1. The molecule has 2 nitrogen and oxygen atoms in total. The van der Waals surface area contributed by atoms with Crippen molar-refractivity contribution in [3.8, 4) is 0 Å². The van der Waals surface area contributed by atoms with Crippen molar-refractivity contribution >= 4 is 17.4 Å². The molecule has 0 aliphatic carbocycles. The van der Waals surface area contributed by atoms with Crippen LogP contribution in [0.2, 0.25) is 5.02 Å². The predicted octanol–water partition coefficient (Wildman–Crippen LogP) is 2.20. The van der Waals surface area contributed by atoms with Crippen LogP contribution in [-0.2, 0) is 11.2 Å². The van der Waals surface area contributed by atoms with Gasteiger partial charge in [0.25, 0.3) is 0 Å². The van der Waals surface area contributed by atoms with Gasteiger partial charge in [0, 0.05) is 17.9 Å². The number of rotatable bonds is 4. The summed E-state index contributed by atoms with van der Waals surface area (Å²) >= 11 is 5.64. The van der Waals surface area contributed by atoms with Crippen molar-refractivity contribution in [2.75, 3.05) is 13.1 Å². The minimum absolute atomic E-state index is 0.0905. The zero-order chi connectivity index (χ0) is 11.5. The summed E-state index contributed by atoms with van der Waals surface area (Å²) in [7, 11) is 0. The molecule has 1 fully saturated rings. The van der Waals surface area contributed by atoms with Crippen molar-refractivity contribution in [3.05, 3.63) is 34.6 Å². The van der Waals surface area contributed by atoms with E-state index < -0.39 is 5.82 Å². The zero-order valence-corrected chi connectivity index (χ0v) is 9.56. The average Bonchev–Trinajstić information content (AvgIpc) is 2.16. The standard InChI is InChI=1S/C12H13ClFNO/c13-10-2-1-9(12(14)5-10)4-11(16)3-8-6-15-7-8/h1-2,5,8,15H,3-4,6-7H2. The van der Waals surface area contributed by atoms with Crippen LogP contribution in [-0.4, -0.2) is 18.9 Å². The number of carbonyl (C=O) groups excluding carboxylic acids is 1. The van der Waals surface area contributed by atoms with Crippen LogP contribution in [0.15, 0.2) is 18.2 Å². The second-order valence-electron chi connectivity index (χ2n) is 4.18. The van der Waals surface area contributed by atoms with E-state index in [1.54, 1.807) is 12.1 Å². The summed E-state index contributed by atoms with van der Waals surface area (Å²) in [5, 5.41) is 3.46. The number of benzene rings is 1. The largest absolute Gasteiger partial charge is 0.316 e. The molecule has 4 heteroatoms. The lowest BCUT2D eigenvalue weighted by Gasteiger charge is -2.26. The predicted molar refractivity (Wildman–Crippen MR) is 61.1 cm³/mol. The van der Waals surface area contributed by atoms with E-state index in [9.17, 15) is 9.18 Å². The summed E-state index contributed by atoms with van der Waals surface area (Å²) < 4.78 is 13.4. The summed E-state index contributed by atoms with van der Waals surface area (Å²) in [5.74, 6) is 0.128. The topological polar surface area (TPSA) is 29.1 Å². The Morgan fingerprint density at radius 2 is 2.25 bits per heavy atom. The van der Waals surface area contributed by atoms with E-state index in [1.807, 2.05) is 0 Å². The molecule has 1 aliphatic heterocycles. The van der Waals surface area contributed by atoms with Crippen LogP contribution >= 0.6 is 11.6 Å². The molecule has 0 saturated carbocycles. The van der Waals surface area contributed by atoms with E-state index in [1.165, 1.54) is 6.07 Å². The summed E-state index contributed by atoms with van der Waals surface area (Å²) in [6, 6.07) is 4.43. The molecule has 1 N–H and O–H groups in total. The van der Waals surface area contributed by atoms with Gasteiger partial charge < -0.3 is 5.32 Å². The van der Waals surface area contributed by atoms with Gasteiger partial charge in [-0.15, -0.1) is 0 Å². The van der Waals surface area contributed by atoms with E-state index in [-0.39, 0.29) is 12.2 Å². The van der Waals surface area contributed by atoms with Gasteiger partial charge in [-0.3, -0.25) is 4.79 Å². The molecule has 16 heavy (non-hydrogen) atoms. The highest BCUT2D eigenvalue weighted by Crippen LogP contribution is 2.17. The highest BCUT2D eigenvalue weighted by Gasteiger charge is 2.20. The maximum atomic E-state index is 13.4. The third-order valence-electron chi connectivity index (χ3n) is 2.79. The normalized spacial score (nSPS) is 15.9. The zero-order valence-electron chi connectivity index (χ0n) is 8.80. The van der Waals surface area contributed by atoms with Gasteiger partial charge in [0.1, 0.15) is 11.6 Å². The first-order valence-corrected chi connectivity index (χ1v) is 5.69. The van der Waals surface area contributed by atoms with Crippen molar-refractivity contribution in [2.24, 2.45) is 5.92 Å². The molecule has 0 spiro atoms. The lowest BCUT2D eigenvalue weighted by molar-refractivity contribution is -0.119. The number of hydrogen-bond donors (Lipinski definition) is 1. The molecule has 0 atom stereocenters. The van der Waals surface area contributed by atoms with Gasteiger partial charge in [-0.2, -0.15) is 0 Å². The fourth-order valence-corrected chi connectivity index (χ4v) is 1.92. The molecule has 1 aliphatic rings. The number of nitrogens with one attached hydrogen (secondary N) is 1. The van der Waals surface area contributed by atoms with Gasteiger partial charge in [0.15, 0.2) is 0 Å². The lowest BCUT2D eigenvalue weighted by atomic mass is 9.94. The molecular formula is C12H13ClFNO. The second-order valence-corrected chi connectivity index (χ2v) is 4.62. The van der Waals surface area contributed by atoms with Crippen LogP contribution in [0.25, 0.3) is 0 Å². The molecular weight excluding hydrogens is 229 g/mol. The number of halogens is 2. The first-order chi connectivity index (χ1) is 7.65. The summed E-state index contributed by atoms with van der Waals surface area (Å²) in [5.41, 5.74) is 0.432. The van der Waals surface area contributed by atoms with Crippen LogP contribution in [0.3, 0.4) is 0 Å². The SMILES string of the molecule is O=C(Cc1ccc(Cl)cc1F)CC1CNC1. The van der Waals surface area contributed by atoms with Gasteiger partial charge in [-0.1, -0.05) is 17.7 Å². The van der Waals surface area contributed by atoms with Gasteiger partial charge in [0.2, 0.25) is 0 Å². The second kappa shape index (κ2) is 4.93. The fourth-order valence-electron chi connectivity index (χ4n) is 1.76. The van der Waals surface area contributed by atoms with Crippen LogP contribution in [0, 0.1) is 11.7 Å². The van der Waals surface area contributed by atoms with Gasteiger partial charge in [0.05, 0.1) is 0 Å². The monoisotopic (exact) mass is 241 g/mol. The number of carbonyl (C=O) groups is 1. The summed E-state index contributed by atoms with van der Waals surface area (Å²) in [6.07, 6.45) is 0.703.